The first kappa shape index (κ1) is 10.1. The van der Waals surface area contributed by atoms with E-state index in [0.717, 1.165) is 36.8 Å². The molecule has 0 bridgehead atoms. The van der Waals surface area contributed by atoms with Gasteiger partial charge in [-0.3, -0.25) is 0 Å². The summed E-state index contributed by atoms with van der Waals surface area (Å²) in [5.41, 5.74) is 1.14. The van der Waals surface area contributed by atoms with Crippen LogP contribution in [0.5, 0.6) is 0 Å². The Balaban J connectivity index is 1.94. The zero-order chi connectivity index (χ0) is 9.80. The summed E-state index contributed by atoms with van der Waals surface area (Å²) >= 11 is 1.72. The Morgan fingerprint density at radius 2 is 2.64 bits per heavy atom. The van der Waals surface area contributed by atoms with E-state index in [1.54, 1.807) is 11.3 Å². The van der Waals surface area contributed by atoms with Crippen LogP contribution in [0.1, 0.15) is 36.6 Å². The quantitative estimate of drug-likeness (QED) is 0.830. The van der Waals surface area contributed by atoms with Crippen molar-refractivity contribution < 1.29 is 4.74 Å². The summed E-state index contributed by atoms with van der Waals surface area (Å²) < 4.78 is 5.58. The predicted molar refractivity (Wildman–Crippen MR) is 57.4 cm³/mol. The number of nitrogens with zero attached hydrogens (tertiary/aromatic N) is 1. The Morgan fingerprint density at radius 1 is 1.71 bits per heavy atom. The van der Waals surface area contributed by atoms with Gasteiger partial charge in [0.05, 0.1) is 5.69 Å². The SMILES string of the molecule is CCNCc1csc(C2CCCO2)n1. The van der Waals surface area contributed by atoms with Gasteiger partial charge in [-0.2, -0.15) is 0 Å². The van der Waals surface area contributed by atoms with E-state index in [-0.39, 0.29) is 6.10 Å². The van der Waals surface area contributed by atoms with Crippen LogP contribution in [-0.2, 0) is 11.3 Å². The minimum atomic E-state index is 0.273. The maximum atomic E-state index is 5.58. The van der Waals surface area contributed by atoms with Crippen molar-refractivity contribution in [2.45, 2.75) is 32.4 Å². The molecule has 0 saturated carbocycles. The number of rotatable bonds is 4. The lowest BCUT2D eigenvalue weighted by Gasteiger charge is -2.03. The summed E-state index contributed by atoms with van der Waals surface area (Å²) in [6.07, 6.45) is 2.58. The van der Waals surface area contributed by atoms with Crippen LogP contribution in [0.2, 0.25) is 0 Å². The van der Waals surface area contributed by atoms with E-state index in [4.69, 9.17) is 4.74 Å². The molecular weight excluding hydrogens is 196 g/mol. The van der Waals surface area contributed by atoms with Crippen LogP contribution < -0.4 is 5.32 Å². The highest BCUT2D eigenvalue weighted by atomic mass is 32.1. The number of ether oxygens (including phenoxy) is 1. The largest absolute Gasteiger partial charge is 0.371 e. The fraction of sp³-hybridized carbons (Fsp3) is 0.700. The second-order valence-corrected chi connectivity index (χ2v) is 4.35. The number of hydrogen-bond donors (Lipinski definition) is 1. The second kappa shape index (κ2) is 4.87. The number of aromatic nitrogens is 1. The van der Waals surface area contributed by atoms with Crippen LogP contribution in [0.3, 0.4) is 0 Å². The normalized spacial score (nSPS) is 21.6. The van der Waals surface area contributed by atoms with Crippen LogP contribution in [-0.4, -0.2) is 18.1 Å². The van der Waals surface area contributed by atoms with Gasteiger partial charge in [-0.05, 0) is 19.4 Å². The fourth-order valence-corrected chi connectivity index (χ4v) is 2.48. The number of thiazole rings is 1. The lowest BCUT2D eigenvalue weighted by molar-refractivity contribution is 0.111. The van der Waals surface area contributed by atoms with Gasteiger partial charge in [0.25, 0.3) is 0 Å². The Kier molecular flexibility index (Phi) is 3.50. The van der Waals surface area contributed by atoms with E-state index in [0.29, 0.717) is 0 Å². The Hall–Kier alpha value is -0.450. The fourth-order valence-electron chi connectivity index (χ4n) is 1.58. The monoisotopic (exact) mass is 212 g/mol. The standard InChI is InChI=1S/C10H16N2OS/c1-2-11-6-8-7-14-10(12-8)9-4-3-5-13-9/h7,9,11H,2-6H2,1H3. The highest BCUT2D eigenvalue weighted by Gasteiger charge is 2.20. The molecule has 78 valence electrons. The molecule has 1 saturated heterocycles. The van der Waals surface area contributed by atoms with Crippen molar-refractivity contribution in [2.75, 3.05) is 13.2 Å². The smallest absolute Gasteiger partial charge is 0.122 e. The molecule has 2 rings (SSSR count). The van der Waals surface area contributed by atoms with E-state index < -0.39 is 0 Å². The average molecular weight is 212 g/mol. The van der Waals surface area contributed by atoms with E-state index in [1.165, 1.54) is 6.42 Å². The summed E-state index contributed by atoms with van der Waals surface area (Å²) in [5.74, 6) is 0. The minimum Gasteiger partial charge on any atom is -0.371 e. The van der Waals surface area contributed by atoms with Gasteiger partial charge in [0.2, 0.25) is 0 Å². The Morgan fingerprint density at radius 3 is 3.36 bits per heavy atom. The third kappa shape index (κ3) is 2.32. The molecule has 1 aliphatic rings. The Bertz CT molecular complexity index is 281. The molecular formula is C10H16N2OS. The van der Waals surface area contributed by atoms with Gasteiger partial charge in [0.15, 0.2) is 0 Å². The van der Waals surface area contributed by atoms with Crippen LogP contribution in [0.25, 0.3) is 0 Å². The summed E-state index contributed by atoms with van der Waals surface area (Å²) in [7, 11) is 0. The van der Waals surface area contributed by atoms with Crippen molar-refractivity contribution >= 4 is 11.3 Å². The van der Waals surface area contributed by atoms with Crippen molar-refractivity contribution in [3.05, 3.63) is 16.1 Å². The molecule has 4 heteroatoms. The van der Waals surface area contributed by atoms with Crippen molar-refractivity contribution in [2.24, 2.45) is 0 Å². The molecule has 0 spiro atoms. The van der Waals surface area contributed by atoms with Crippen molar-refractivity contribution in [3.8, 4) is 0 Å². The maximum Gasteiger partial charge on any atom is 0.122 e. The Labute approximate surface area is 88.5 Å². The molecule has 2 heterocycles. The van der Waals surface area contributed by atoms with Crippen molar-refractivity contribution in [1.82, 2.24) is 10.3 Å². The van der Waals surface area contributed by atoms with Gasteiger partial charge < -0.3 is 10.1 Å². The predicted octanol–water partition coefficient (Wildman–Crippen LogP) is 2.10. The van der Waals surface area contributed by atoms with Crippen molar-refractivity contribution in [1.29, 1.82) is 0 Å². The number of nitrogens with one attached hydrogen (secondary N) is 1. The molecule has 0 aromatic carbocycles. The summed E-state index contributed by atoms with van der Waals surface area (Å²) in [6.45, 7) is 4.87. The summed E-state index contributed by atoms with van der Waals surface area (Å²) in [6, 6.07) is 0. The minimum absolute atomic E-state index is 0.273. The molecule has 1 unspecified atom stereocenters. The topological polar surface area (TPSA) is 34.1 Å². The molecule has 14 heavy (non-hydrogen) atoms. The third-order valence-electron chi connectivity index (χ3n) is 2.33. The van der Waals surface area contributed by atoms with Crippen LogP contribution in [0.15, 0.2) is 5.38 Å². The molecule has 0 amide bonds. The van der Waals surface area contributed by atoms with Gasteiger partial charge >= 0.3 is 0 Å². The van der Waals surface area contributed by atoms with Crippen LogP contribution in [0, 0.1) is 0 Å². The third-order valence-corrected chi connectivity index (χ3v) is 3.32. The lowest BCUT2D eigenvalue weighted by atomic mass is 10.2. The zero-order valence-electron chi connectivity index (χ0n) is 8.45. The van der Waals surface area contributed by atoms with E-state index in [1.807, 2.05) is 0 Å². The van der Waals surface area contributed by atoms with Gasteiger partial charge in [-0.15, -0.1) is 11.3 Å². The molecule has 1 aliphatic heterocycles. The molecule has 3 nitrogen and oxygen atoms in total. The van der Waals surface area contributed by atoms with Gasteiger partial charge in [0.1, 0.15) is 11.1 Å². The van der Waals surface area contributed by atoms with Gasteiger partial charge in [-0.25, -0.2) is 4.98 Å². The van der Waals surface area contributed by atoms with Gasteiger partial charge in [0, 0.05) is 18.5 Å². The molecule has 0 aliphatic carbocycles. The van der Waals surface area contributed by atoms with Crippen LogP contribution >= 0.6 is 11.3 Å². The average Bonchev–Trinajstić information content (AvgIpc) is 2.85. The highest BCUT2D eigenvalue weighted by molar-refractivity contribution is 7.09. The second-order valence-electron chi connectivity index (χ2n) is 3.46. The molecule has 0 radical (unpaired) electrons. The highest BCUT2D eigenvalue weighted by Crippen LogP contribution is 2.30. The first-order valence-electron chi connectivity index (χ1n) is 5.16. The van der Waals surface area contributed by atoms with Crippen molar-refractivity contribution in [3.63, 3.8) is 0 Å². The molecule has 1 aromatic heterocycles. The molecule has 1 atom stereocenters. The zero-order valence-corrected chi connectivity index (χ0v) is 9.27. The first-order chi connectivity index (χ1) is 6.90. The maximum absolute atomic E-state index is 5.58. The number of hydrogen-bond acceptors (Lipinski definition) is 4. The first-order valence-corrected chi connectivity index (χ1v) is 6.04. The summed E-state index contributed by atoms with van der Waals surface area (Å²) in [4.78, 5) is 4.56. The lowest BCUT2D eigenvalue weighted by Crippen LogP contribution is -2.12. The van der Waals surface area contributed by atoms with Gasteiger partial charge in [-0.1, -0.05) is 6.92 Å². The van der Waals surface area contributed by atoms with E-state index in [2.05, 4.69) is 22.6 Å². The van der Waals surface area contributed by atoms with E-state index >= 15 is 0 Å². The van der Waals surface area contributed by atoms with E-state index in [9.17, 15) is 0 Å². The molecule has 1 aromatic rings. The van der Waals surface area contributed by atoms with Crippen LogP contribution in [0.4, 0.5) is 0 Å². The molecule has 1 fully saturated rings. The molecule has 1 N–H and O–H groups in total. The summed E-state index contributed by atoms with van der Waals surface area (Å²) in [5, 5.41) is 6.55.